The van der Waals surface area contributed by atoms with Crippen molar-refractivity contribution in [3.8, 4) is 11.5 Å². The molecule has 0 radical (unpaired) electrons. The van der Waals surface area contributed by atoms with Crippen LogP contribution in [0.1, 0.15) is 68.6 Å². The van der Waals surface area contributed by atoms with E-state index in [1.807, 2.05) is 0 Å². The van der Waals surface area contributed by atoms with Crippen LogP contribution in [0, 0.1) is 0 Å². The second-order valence-corrected chi connectivity index (χ2v) is 16.0. The second-order valence-electron chi connectivity index (χ2n) is 16.0. The number of hydrogen-bond acceptors (Lipinski definition) is 22. The van der Waals surface area contributed by atoms with Gasteiger partial charge in [-0.1, -0.05) is 25.7 Å². The highest BCUT2D eigenvalue weighted by Crippen LogP contribution is 2.38. The van der Waals surface area contributed by atoms with Crippen molar-refractivity contribution in [1.29, 1.82) is 0 Å². The third-order valence-corrected chi connectivity index (χ3v) is 11.3. The minimum absolute atomic E-state index is 0.00561. The number of methoxy groups -OCH3 is 1. The van der Waals surface area contributed by atoms with Gasteiger partial charge in [-0.15, -0.1) is 0 Å². The number of nitrogens with one attached hydrogen (secondary N) is 2. The summed E-state index contributed by atoms with van der Waals surface area (Å²) in [4.78, 5) is 50.0. The number of benzene rings is 1. The van der Waals surface area contributed by atoms with E-state index >= 15 is 0 Å². The van der Waals surface area contributed by atoms with E-state index < -0.39 is 153 Å². The van der Waals surface area contributed by atoms with Crippen LogP contribution in [0.15, 0.2) is 18.2 Å². The van der Waals surface area contributed by atoms with E-state index in [-0.39, 0.29) is 18.1 Å². The van der Waals surface area contributed by atoms with Gasteiger partial charge in [0.25, 0.3) is 11.7 Å². The van der Waals surface area contributed by atoms with Gasteiger partial charge in [-0.3, -0.25) is 14.4 Å². The monoisotopic (exact) mass is 938 g/mol. The first-order chi connectivity index (χ1) is 30.8. The maximum Gasteiger partial charge on any atom is 0.364 e. The molecule has 3 heterocycles. The molecule has 65 heavy (non-hydrogen) atoms. The molecular formula is C40H62N2O23. The zero-order chi connectivity index (χ0) is 48.2. The average molecular weight is 939 g/mol. The molecule has 14 N–H and O–H groups in total. The third kappa shape index (κ3) is 13.6. The number of carboxylic acid groups (broad SMARTS) is 1. The molecule has 0 spiro atoms. The van der Waals surface area contributed by atoms with Crippen LogP contribution in [-0.2, 0) is 47.5 Å². The molecule has 0 saturated carbocycles. The van der Waals surface area contributed by atoms with Crippen LogP contribution in [-0.4, -0.2) is 216 Å². The number of carbonyl (C=O) groups excluding carboxylic acids is 3. The van der Waals surface area contributed by atoms with Crippen LogP contribution in [0.2, 0.25) is 0 Å². The van der Waals surface area contributed by atoms with Crippen LogP contribution >= 0.6 is 0 Å². The predicted octanol–water partition coefficient (Wildman–Crippen LogP) is -4.45. The lowest BCUT2D eigenvalue weighted by molar-refractivity contribution is -0.381. The van der Waals surface area contributed by atoms with E-state index in [2.05, 4.69) is 15.4 Å². The van der Waals surface area contributed by atoms with Gasteiger partial charge in [0.05, 0.1) is 39.1 Å². The number of hydrogen-bond donors (Lipinski definition) is 14. The average Bonchev–Trinajstić information content (AvgIpc) is 3.27. The van der Waals surface area contributed by atoms with Gasteiger partial charge in [-0.2, -0.15) is 0 Å². The van der Waals surface area contributed by atoms with Crippen LogP contribution < -0.4 is 10.6 Å². The Morgan fingerprint density at radius 3 is 2.02 bits per heavy atom. The standard InChI is InChI=1S/C40H62N2O23/c1-18(46)41-27-22(49)14-40(39(57)58,64-34(27)29(52)23(50)15-43)65-35-31(54)25(17-45)62-38(32(35)55)63-33-28(42-36(56)19-10-11-20(47)21(48)13-19)37(61-24(16-44)30(33)53)60-12-8-6-4-3-5-7-9-26(51)59-2/h10-11,13,22-25,27-35,37-38,43-45,47-50,52-55H,3-9,12,14-17H2,1-2H3,(H,41,46)(H,42,56)(H,57,58)/t22?,23?,24?,25?,27-,28?,29?,30-,31+,32?,33?,34?,35?,37-,38?,40+/m1/s1. The molecule has 16 atom stereocenters. The Morgan fingerprint density at radius 2 is 1.43 bits per heavy atom. The summed E-state index contributed by atoms with van der Waals surface area (Å²) in [5.41, 5.74) is -0.209. The molecule has 4 rings (SSSR count). The number of phenols is 2. The number of rotatable bonds is 23. The van der Waals surface area contributed by atoms with E-state index in [0.717, 1.165) is 44.4 Å². The summed E-state index contributed by atoms with van der Waals surface area (Å²) < 4.78 is 39.6. The molecule has 3 aliphatic heterocycles. The summed E-state index contributed by atoms with van der Waals surface area (Å²) in [6.45, 7) is -1.95. The molecule has 25 heteroatoms. The molecular weight excluding hydrogens is 876 g/mol. The number of ether oxygens (including phenoxy) is 7. The number of carboxylic acids is 1. The van der Waals surface area contributed by atoms with E-state index in [1.54, 1.807) is 0 Å². The summed E-state index contributed by atoms with van der Waals surface area (Å²) in [7, 11) is 1.31. The van der Waals surface area contributed by atoms with E-state index in [1.165, 1.54) is 7.11 Å². The van der Waals surface area contributed by atoms with Crippen LogP contribution in [0.25, 0.3) is 0 Å². The van der Waals surface area contributed by atoms with Crippen LogP contribution in [0.5, 0.6) is 11.5 Å². The molecule has 0 bridgehead atoms. The normalized spacial score (nSPS) is 33.7. The van der Waals surface area contributed by atoms with Crippen molar-refractivity contribution in [3.05, 3.63) is 23.8 Å². The second kappa shape index (κ2) is 24.7. The van der Waals surface area contributed by atoms with E-state index in [4.69, 9.17) is 28.4 Å². The van der Waals surface area contributed by atoms with Crippen molar-refractivity contribution in [1.82, 2.24) is 10.6 Å². The Kier molecular flexibility index (Phi) is 20.4. The number of carbonyl (C=O) groups is 4. The molecule has 3 saturated heterocycles. The van der Waals surface area contributed by atoms with Gasteiger partial charge in [0, 0.05) is 31.9 Å². The summed E-state index contributed by atoms with van der Waals surface area (Å²) in [5, 5.41) is 132. The minimum Gasteiger partial charge on any atom is -0.504 e. The number of aliphatic carboxylic acids is 1. The van der Waals surface area contributed by atoms with Crippen LogP contribution in [0.4, 0.5) is 0 Å². The fourth-order valence-corrected chi connectivity index (χ4v) is 7.73. The highest BCUT2D eigenvalue weighted by molar-refractivity contribution is 5.95. The Bertz CT molecular complexity index is 1710. The SMILES string of the molecule is COC(=O)CCCCCCCCO[C@@H]1OC(CO)[C@@H](O)C(OC2OC(CO)[C@H](O)C(O[C@]3(C(=O)O)CC(O)[C@@H](NC(C)=O)C(C(O)C(O)CO)O3)C2O)C1NC(=O)c1ccc(O)c(O)c1. The Morgan fingerprint density at radius 1 is 0.815 bits per heavy atom. The Hall–Kier alpha value is -3.90. The molecule has 1 aromatic carbocycles. The summed E-state index contributed by atoms with van der Waals surface area (Å²) in [6.07, 6.45) is -22.0. The molecule has 25 nitrogen and oxygen atoms in total. The lowest BCUT2D eigenvalue weighted by Gasteiger charge is -2.51. The number of aliphatic hydroxyl groups is 9. The first kappa shape index (κ1) is 53.7. The first-order valence-corrected chi connectivity index (χ1v) is 21.1. The maximum absolute atomic E-state index is 13.6. The minimum atomic E-state index is -3.11. The van der Waals surface area contributed by atoms with Crippen LogP contribution in [0.3, 0.4) is 0 Å². The summed E-state index contributed by atoms with van der Waals surface area (Å²) >= 11 is 0. The van der Waals surface area contributed by atoms with Gasteiger partial charge in [-0.25, -0.2) is 4.79 Å². The lowest BCUT2D eigenvalue weighted by atomic mass is 9.88. The van der Waals surface area contributed by atoms with E-state index in [9.17, 15) is 80.5 Å². The number of amides is 2. The van der Waals surface area contributed by atoms with Gasteiger partial charge in [-0.05, 0) is 31.0 Å². The molecule has 11 unspecified atom stereocenters. The number of unbranched alkanes of at least 4 members (excludes halogenated alkanes) is 5. The maximum atomic E-state index is 13.6. The summed E-state index contributed by atoms with van der Waals surface area (Å²) in [6, 6.07) is -0.0691. The zero-order valence-electron chi connectivity index (χ0n) is 35.7. The fraction of sp³-hybridized carbons (Fsp3) is 0.750. The predicted molar refractivity (Wildman–Crippen MR) is 213 cm³/mol. The van der Waals surface area contributed by atoms with Crippen molar-refractivity contribution in [3.63, 3.8) is 0 Å². The molecule has 3 aliphatic rings. The number of esters is 1. The smallest absolute Gasteiger partial charge is 0.364 e. The quantitative estimate of drug-likeness (QED) is 0.0280. The molecule has 0 aliphatic carbocycles. The Balaban J connectivity index is 1.63. The highest BCUT2D eigenvalue weighted by Gasteiger charge is 2.60. The fourth-order valence-electron chi connectivity index (χ4n) is 7.73. The molecule has 370 valence electrons. The van der Waals surface area contributed by atoms with Crippen molar-refractivity contribution in [2.45, 2.75) is 156 Å². The van der Waals surface area contributed by atoms with Crippen molar-refractivity contribution >= 4 is 23.8 Å². The largest absolute Gasteiger partial charge is 0.504 e. The molecule has 3 fully saturated rings. The molecule has 0 aromatic heterocycles. The Labute approximate surface area is 372 Å². The number of aliphatic hydroxyl groups excluding tert-OH is 9. The summed E-state index contributed by atoms with van der Waals surface area (Å²) in [5.74, 6) is -8.35. The van der Waals surface area contributed by atoms with E-state index in [0.29, 0.717) is 25.7 Å². The van der Waals surface area contributed by atoms with Crippen molar-refractivity contribution < 1.29 is 114 Å². The lowest BCUT2D eigenvalue weighted by Crippen LogP contribution is -2.71. The molecule has 1 aromatic rings. The third-order valence-electron chi connectivity index (χ3n) is 11.3. The van der Waals surface area contributed by atoms with Gasteiger partial charge >= 0.3 is 11.9 Å². The van der Waals surface area contributed by atoms with Gasteiger partial charge < -0.3 is 105 Å². The molecule has 2 amide bonds. The number of aromatic hydroxyl groups is 2. The zero-order valence-corrected chi connectivity index (χ0v) is 35.7. The van der Waals surface area contributed by atoms with Gasteiger partial charge in [0.2, 0.25) is 5.91 Å². The van der Waals surface area contributed by atoms with Gasteiger partial charge in [0.1, 0.15) is 67.1 Å². The number of phenolic OH excluding ortho intramolecular Hbond substituents is 2. The van der Waals surface area contributed by atoms with Gasteiger partial charge in [0.15, 0.2) is 24.1 Å². The highest BCUT2D eigenvalue weighted by atomic mass is 16.8. The van der Waals surface area contributed by atoms with Crippen molar-refractivity contribution in [2.75, 3.05) is 33.5 Å². The topological polar surface area (TPSA) is 400 Å². The van der Waals surface area contributed by atoms with Crippen molar-refractivity contribution in [2.24, 2.45) is 0 Å². The first-order valence-electron chi connectivity index (χ1n) is 21.1.